The number of anilines is 1. The Morgan fingerprint density at radius 3 is 2.71 bits per heavy atom. The van der Waals surface area contributed by atoms with E-state index in [4.69, 9.17) is 4.74 Å². The molecule has 0 unspecified atom stereocenters. The average Bonchev–Trinajstić information content (AvgIpc) is 3.20. The first-order valence-corrected chi connectivity index (χ1v) is 7.72. The Morgan fingerprint density at radius 1 is 1.17 bits per heavy atom. The molecule has 0 spiro atoms. The van der Waals surface area contributed by atoms with Crippen LogP contribution in [0.5, 0.6) is 5.75 Å². The molecule has 2 aromatic carbocycles. The number of benzene rings is 2. The van der Waals surface area contributed by atoms with Gasteiger partial charge in [0.25, 0.3) is 5.91 Å². The Hall–Kier alpha value is -3.15. The third kappa shape index (κ3) is 2.62. The zero-order valence-electron chi connectivity index (χ0n) is 13.1. The molecule has 1 aliphatic rings. The maximum atomic E-state index is 12.5. The number of nitrogens with zero attached hydrogens (tertiary/aromatic N) is 3. The van der Waals surface area contributed by atoms with Crippen LogP contribution in [0.1, 0.15) is 5.56 Å². The Kier molecular flexibility index (Phi) is 3.49. The van der Waals surface area contributed by atoms with Crippen molar-refractivity contribution in [2.45, 2.75) is 12.5 Å². The number of ether oxygens (including phenoxy) is 1. The van der Waals surface area contributed by atoms with Crippen molar-refractivity contribution in [3.05, 3.63) is 60.2 Å². The van der Waals surface area contributed by atoms with Crippen LogP contribution in [0.2, 0.25) is 0 Å². The van der Waals surface area contributed by atoms with Crippen LogP contribution in [-0.4, -0.2) is 26.8 Å². The quantitative estimate of drug-likeness (QED) is 0.805. The molecule has 0 saturated carbocycles. The maximum absolute atomic E-state index is 12.5. The second kappa shape index (κ2) is 5.81. The number of para-hydroxylation sites is 1. The van der Waals surface area contributed by atoms with E-state index in [0.717, 1.165) is 16.9 Å². The molecule has 0 fully saturated rings. The summed E-state index contributed by atoms with van der Waals surface area (Å²) in [5.74, 6) is 1.52. The standard InChI is InChI=1S/C18H16N4O2/c1-22-18(19-16(21-22)12-7-3-2-4-8-12)20-17(23)15-11-13-9-5-6-10-14(13)24-15/h2-10,15H,11H2,1H3,(H,19,20,21,23)/t15-/m0/s1. The average molecular weight is 320 g/mol. The highest BCUT2D eigenvalue weighted by Crippen LogP contribution is 2.28. The van der Waals surface area contributed by atoms with Crippen LogP contribution in [0.4, 0.5) is 5.95 Å². The summed E-state index contributed by atoms with van der Waals surface area (Å²) in [6.45, 7) is 0. The molecule has 24 heavy (non-hydrogen) atoms. The molecular weight excluding hydrogens is 304 g/mol. The molecule has 120 valence electrons. The second-order valence-electron chi connectivity index (χ2n) is 5.66. The molecule has 6 heteroatoms. The van der Waals surface area contributed by atoms with Gasteiger partial charge in [-0.05, 0) is 11.6 Å². The normalized spacial score (nSPS) is 15.6. The maximum Gasteiger partial charge on any atom is 0.268 e. The van der Waals surface area contributed by atoms with E-state index in [1.54, 1.807) is 11.7 Å². The molecule has 1 N–H and O–H groups in total. The van der Waals surface area contributed by atoms with Gasteiger partial charge in [-0.2, -0.15) is 4.98 Å². The summed E-state index contributed by atoms with van der Waals surface area (Å²) in [5, 5.41) is 7.15. The predicted octanol–water partition coefficient (Wildman–Crippen LogP) is 2.42. The first kappa shape index (κ1) is 14.4. The van der Waals surface area contributed by atoms with Gasteiger partial charge in [0.05, 0.1) is 0 Å². The Bertz CT molecular complexity index is 864. The van der Waals surface area contributed by atoms with Crippen LogP contribution in [0.3, 0.4) is 0 Å². The van der Waals surface area contributed by atoms with E-state index < -0.39 is 6.10 Å². The predicted molar refractivity (Wildman–Crippen MR) is 89.6 cm³/mol. The molecule has 3 aromatic rings. The number of carbonyl (C=O) groups excluding carboxylic acids is 1. The lowest BCUT2D eigenvalue weighted by Gasteiger charge is -2.10. The van der Waals surface area contributed by atoms with Crippen LogP contribution in [-0.2, 0) is 18.3 Å². The molecule has 1 amide bonds. The summed E-state index contributed by atoms with van der Waals surface area (Å²) in [6, 6.07) is 17.3. The molecular formula is C18H16N4O2. The minimum atomic E-state index is -0.542. The number of nitrogens with one attached hydrogen (secondary N) is 1. The van der Waals surface area contributed by atoms with Crippen molar-refractivity contribution in [3.63, 3.8) is 0 Å². The number of rotatable bonds is 3. The molecule has 0 saturated heterocycles. The van der Waals surface area contributed by atoms with Gasteiger partial charge in [0, 0.05) is 19.0 Å². The Balaban J connectivity index is 1.50. The Morgan fingerprint density at radius 2 is 1.92 bits per heavy atom. The van der Waals surface area contributed by atoms with E-state index in [-0.39, 0.29) is 5.91 Å². The van der Waals surface area contributed by atoms with Crippen molar-refractivity contribution in [1.29, 1.82) is 0 Å². The summed E-state index contributed by atoms with van der Waals surface area (Å²) in [5.41, 5.74) is 1.94. The zero-order valence-corrected chi connectivity index (χ0v) is 13.1. The van der Waals surface area contributed by atoms with E-state index in [9.17, 15) is 4.79 Å². The van der Waals surface area contributed by atoms with Gasteiger partial charge in [-0.25, -0.2) is 4.68 Å². The van der Waals surface area contributed by atoms with Crippen molar-refractivity contribution in [2.24, 2.45) is 7.05 Å². The molecule has 2 heterocycles. The van der Waals surface area contributed by atoms with E-state index in [2.05, 4.69) is 15.4 Å². The van der Waals surface area contributed by atoms with Gasteiger partial charge in [0.2, 0.25) is 5.95 Å². The van der Waals surface area contributed by atoms with Gasteiger partial charge in [-0.1, -0.05) is 48.5 Å². The summed E-state index contributed by atoms with van der Waals surface area (Å²) in [4.78, 5) is 16.9. The third-order valence-electron chi connectivity index (χ3n) is 3.97. The van der Waals surface area contributed by atoms with Gasteiger partial charge < -0.3 is 4.74 Å². The lowest BCUT2D eigenvalue weighted by Crippen LogP contribution is -2.32. The molecule has 0 radical (unpaired) electrons. The van der Waals surface area contributed by atoms with Gasteiger partial charge in [0.1, 0.15) is 5.75 Å². The van der Waals surface area contributed by atoms with E-state index in [1.165, 1.54) is 0 Å². The highest BCUT2D eigenvalue weighted by Gasteiger charge is 2.29. The fraction of sp³-hybridized carbons (Fsp3) is 0.167. The van der Waals surface area contributed by atoms with Crippen LogP contribution in [0, 0.1) is 0 Å². The van der Waals surface area contributed by atoms with Crippen LogP contribution >= 0.6 is 0 Å². The van der Waals surface area contributed by atoms with Gasteiger partial charge in [0.15, 0.2) is 11.9 Å². The largest absolute Gasteiger partial charge is 0.480 e. The van der Waals surface area contributed by atoms with Crippen molar-refractivity contribution in [2.75, 3.05) is 5.32 Å². The highest BCUT2D eigenvalue weighted by atomic mass is 16.5. The minimum absolute atomic E-state index is 0.221. The molecule has 1 aromatic heterocycles. The topological polar surface area (TPSA) is 69.0 Å². The summed E-state index contributed by atoms with van der Waals surface area (Å²) in [7, 11) is 1.75. The lowest BCUT2D eigenvalue weighted by atomic mass is 10.1. The van der Waals surface area contributed by atoms with E-state index in [1.807, 2.05) is 54.6 Å². The number of amides is 1. The van der Waals surface area contributed by atoms with Crippen molar-refractivity contribution >= 4 is 11.9 Å². The number of aromatic nitrogens is 3. The fourth-order valence-corrected chi connectivity index (χ4v) is 2.72. The molecule has 0 bridgehead atoms. The monoisotopic (exact) mass is 320 g/mol. The van der Waals surface area contributed by atoms with Crippen molar-refractivity contribution in [3.8, 4) is 17.1 Å². The first-order valence-electron chi connectivity index (χ1n) is 7.72. The second-order valence-corrected chi connectivity index (χ2v) is 5.66. The molecule has 6 nitrogen and oxygen atoms in total. The number of hydrogen-bond acceptors (Lipinski definition) is 4. The number of carbonyl (C=O) groups is 1. The molecule has 1 atom stereocenters. The highest BCUT2D eigenvalue weighted by molar-refractivity contribution is 5.94. The summed E-state index contributed by atoms with van der Waals surface area (Å²) in [6.07, 6.45) is 0.0186. The minimum Gasteiger partial charge on any atom is -0.480 e. The van der Waals surface area contributed by atoms with Crippen molar-refractivity contribution in [1.82, 2.24) is 14.8 Å². The number of fused-ring (bicyclic) bond motifs is 1. The van der Waals surface area contributed by atoms with Gasteiger partial charge in [-0.3, -0.25) is 10.1 Å². The van der Waals surface area contributed by atoms with Gasteiger partial charge in [-0.15, -0.1) is 5.10 Å². The number of hydrogen-bond donors (Lipinski definition) is 1. The van der Waals surface area contributed by atoms with E-state index in [0.29, 0.717) is 18.2 Å². The first-order chi connectivity index (χ1) is 11.7. The number of aryl methyl sites for hydroxylation is 1. The SMILES string of the molecule is Cn1nc(-c2ccccc2)nc1NC(=O)[C@@H]1Cc2ccccc2O1. The molecule has 4 rings (SSSR count). The lowest BCUT2D eigenvalue weighted by molar-refractivity contribution is -0.122. The van der Waals surface area contributed by atoms with Crippen LogP contribution in [0.25, 0.3) is 11.4 Å². The van der Waals surface area contributed by atoms with Crippen LogP contribution < -0.4 is 10.1 Å². The summed E-state index contributed by atoms with van der Waals surface area (Å²) < 4.78 is 7.26. The zero-order chi connectivity index (χ0) is 16.5. The Labute approximate surface area is 139 Å². The third-order valence-corrected chi connectivity index (χ3v) is 3.97. The van der Waals surface area contributed by atoms with Crippen LogP contribution in [0.15, 0.2) is 54.6 Å². The molecule has 1 aliphatic heterocycles. The smallest absolute Gasteiger partial charge is 0.268 e. The summed E-state index contributed by atoms with van der Waals surface area (Å²) >= 11 is 0. The van der Waals surface area contributed by atoms with Crippen molar-refractivity contribution < 1.29 is 9.53 Å². The molecule has 0 aliphatic carbocycles. The van der Waals surface area contributed by atoms with E-state index >= 15 is 0 Å². The van der Waals surface area contributed by atoms with Gasteiger partial charge >= 0.3 is 0 Å². The fourth-order valence-electron chi connectivity index (χ4n) is 2.72.